The zero-order valence-corrected chi connectivity index (χ0v) is 18.5. The molecule has 1 unspecified atom stereocenters. The van der Waals surface area contributed by atoms with Crippen LogP contribution in [0.4, 0.5) is 0 Å². The van der Waals surface area contributed by atoms with Gasteiger partial charge in [-0.2, -0.15) is 0 Å². The number of carbonyl (C=O) groups excluding carboxylic acids is 1. The normalized spacial score (nSPS) is 15.0. The van der Waals surface area contributed by atoms with Crippen LogP contribution in [0, 0.1) is 0 Å². The number of pyridine rings is 2. The molecule has 34 heavy (non-hydrogen) atoms. The Morgan fingerprint density at radius 2 is 2.00 bits per heavy atom. The maximum atomic E-state index is 12.5. The van der Waals surface area contributed by atoms with E-state index in [9.17, 15) is 4.79 Å². The summed E-state index contributed by atoms with van der Waals surface area (Å²) in [7, 11) is 1.59. The van der Waals surface area contributed by atoms with E-state index in [1.165, 1.54) is 0 Å². The van der Waals surface area contributed by atoms with E-state index in [0.29, 0.717) is 36.8 Å². The molecule has 9 heteroatoms. The minimum absolute atomic E-state index is 0.183. The average molecular weight is 457 g/mol. The number of aromatic nitrogens is 3. The Hall–Kier alpha value is -4.40. The molecular weight excluding hydrogens is 434 g/mol. The van der Waals surface area contributed by atoms with Gasteiger partial charge in [0, 0.05) is 42.3 Å². The van der Waals surface area contributed by atoms with Crippen LogP contribution < -0.4 is 14.8 Å². The molecule has 0 aliphatic carbocycles. The number of fused-ring (bicyclic) bond motifs is 1. The molecule has 0 spiro atoms. The fourth-order valence-electron chi connectivity index (χ4n) is 3.78. The Bertz CT molecular complexity index is 1350. The molecule has 4 aromatic rings. The second kappa shape index (κ2) is 9.62. The molecular formula is C25H23N5O4. The van der Waals surface area contributed by atoms with E-state index in [2.05, 4.69) is 20.4 Å². The van der Waals surface area contributed by atoms with Crippen molar-refractivity contribution >= 4 is 17.3 Å². The summed E-state index contributed by atoms with van der Waals surface area (Å²) in [6.07, 6.45) is 7.25. The topological polar surface area (TPSA) is 99.3 Å². The summed E-state index contributed by atoms with van der Waals surface area (Å²) in [6, 6.07) is 15.1. The van der Waals surface area contributed by atoms with Crippen molar-refractivity contribution in [1.29, 1.82) is 0 Å². The highest BCUT2D eigenvalue weighted by Gasteiger charge is 2.23. The summed E-state index contributed by atoms with van der Waals surface area (Å²) in [5, 5.41) is 7.01. The molecule has 1 aliphatic rings. The Kier molecular flexibility index (Phi) is 6.07. The summed E-state index contributed by atoms with van der Waals surface area (Å²) in [4.78, 5) is 26.5. The van der Waals surface area contributed by atoms with E-state index in [4.69, 9.17) is 14.3 Å². The van der Waals surface area contributed by atoms with Gasteiger partial charge in [0.2, 0.25) is 5.88 Å². The molecule has 1 amide bonds. The van der Waals surface area contributed by atoms with Crippen LogP contribution in [0.3, 0.4) is 0 Å². The second-order valence-corrected chi connectivity index (χ2v) is 7.75. The van der Waals surface area contributed by atoms with Gasteiger partial charge in [0.15, 0.2) is 6.10 Å². The van der Waals surface area contributed by atoms with Gasteiger partial charge in [-0.3, -0.25) is 4.79 Å². The molecule has 0 bridgehead atoms. The van der Waals surface area contributed by atoms with Gasteiger partial charge in [-0.1, -0.05) is 23.4 Å². The molecule has 1 aromatic carbocycles. The predicted octanol–water partition coefficient (Wildman–Crippen LogP) is 3.36. The standard InChI is InChI=1S/C25H23N5O4/c1-32-25-21(6-4-10-27-25)20-5-2-3-7-22(20)33-16-19-13-18(29-34-19)14-28-24(31)17-8-9-23-26-11-12-30(23)15-17/h2-12,15,19H,13-14,16H2,1H3,(H,28,31). The van der Waals surface area contributed by atoms with E-state index in [1.54, 1.807) is 48.4 Å². The highest BCUT2D eigenvalue weighted by molar-refractivity contribution is 5.98. The number of amides is 1. The van der Waals surface area contributed by atoms with Gasteiger partial charge < -0.3 is 24.0 Å². The van der Waals surface area contributed by atoms with Crippen LogP contribution in [0.25, 0.3) is 16.8 Å². The van der Waals surface area contributed by atoms with Crippen molar-refractivity contribution in [2.24, 2.45) is 5.16 Å². The zero-order chi connectivity index (χ0) is 23.3. The Balaban J connectivity index is 1.15. The maximum Gasteiger partial charge on any atom is 0.253 e. The smallest absolute Gasteiger partial charge is 0.253 e. The number of ether oxygens (including phenoxy) is 2. The molecule has 5 rings (SSSR count). The number of hydrogen-bond donors (Lipinski definition) is 1. The third kappa shape index (κ3) is 4.54. The van der Waals surface area contributed by atoms with Crippen LogP contribution in [-0.2, 0) is 4.84 Å². The summed E-state index contributed by atoms with van der Waals surface area (Å²) >= 11 is 0. The van der Waals surface area contributed by atoms with Crippen molar-refractivity contribution in [3.63, 3.8) is 0 Å². The largest absolute Gasteiger partial charge is 0.489 e. The first-order valence-electron chi connectivity index (χ1n) is 10.8. The van der Waals surface area contributed by atoms with Crippen LogP contribution >= 0.6 is 0 Å². The van der Waals surface area contributed by atoms with E-state index in [0.717, 1.165) is 22.5 Å². The van der Waals surface area contributed by atoms with Crippen molar-refractivity contribution < 1.29 is 19.1 Å². The molecule has 9 nitrogen and oxygen atoms in total. The van der Waals surface area contributed by atoms with Gasteiger partial charge >= 0.3 is 0 Å². The lowest BCUT2D eigenvalue weighted by Crippen LogP contribution is -2.30. The monoisotopic (exact) mass is 457 g/mol. The predicted molar refractivity (Wildman–Crippen MR) is 126 cm³/mol. The summed E-state index contributed by atoms with van der Waals surface area (Å²) in [5.74, 6) is 1.05. The minimum atomic E-state index is -0.238. The number of carbonyl (C=O) groups is 1. The lowest BCUT2D eigenvalue weighted by atomic mass is 10.1. The fourth-order valence-corrected chi connectivity index (χ4v) is 3.78. The maximum absolute atomic E-state index is 12.5. The zero-order valence-electron chi connectivity index (χ0n) is 18.5. The van der Waals surface area contributed by atoms with Crippen LogP contribution in [0.5, 0.6) is 11.6 Å². The number of methoxy groups -OCH3 is 1. The van der Waals surface area contributed by atoms with Gasteiger partial charge in [0.05, 0.1) is 24.9 Å². The highest BCUT2D eigenvalue weighted by atomic mass is 16.7. The molecule has 1 aliphatic heterocycles. The number of nitrogens with zero attached hydrogens (tertiary/aromatic N) is 4. The lowest BCUT2D eigenvalue weighted by molar-refractivity contribution is 0.0472. The second-order valence-electron chi connectivity index (χ2n) is 7.75. The molecule has 4 heterocycles. The lowest BCUT2D eigenvalue weighted by Gasteiger charge is -2.15. The molecule has 0 radical (unpaired) electrons. The highest BCUT2D eigenvalue weighted by Crippen LogP contribution is 2.35. The number of hydrogen-bond acceptors (Lipinski definition) is 7. The first-order chi connectivity index (χ1) is 16.7. The number of para-hydroxylation sites is 1. The van der Waals surface area contributed by atoms with Crippen molar-refractivity contribution in [2.45, 2.75) is 12.5 Å². The van der Waals surface area contributed by atoms with Gasteiger partial charge in [-0.05, 0) is 30.3 Å². The summed E-state index contributed by atoms with van der Waals surface area (Å²) < 4.78 is 13.3. The van der Waals surface area contributed by atoms with Gasteiger partial charge in [0.1, 0.15) is 18.0 Å². The minimum Gasteiger partial charge on any atom is -0.489 e. The molecule has 3 aromatic heterocycles. The number of oxime groups is 1. The van der Waals surface area contributed by atoms with E-state index >= 15 is 0 Å². The van der Waals surface area contributed by atoms with Crippen molar-refractivity contribution in [1.82, 2.24) is 19.7 Å². The van der Waals surface area contributed by atoms with Crippen molar-refractivity contribution in [2.75, 3.05) is 20.3 Å². The number of nitrogens with one attached hydrogen (secondary N) is 1. The van der Waals surface area contributed by atoms with Crippen LogP contribution in [-0.4, -0.2) is 52.4 Å². The van der Waals surface area contributed by atoms with Crippen molar-refractivity contribution in [3.05, 3.63) is 78.9 Å². The van der Waals surface area contributed by atoms with Crippen LogP contribution in [0.15, 0.2) is 78.5 Å². The number of imidazole rings is 1. The molecule has 1 N–H and O–H groups in total. The SMILES string of the molecule is COc1ncccc1-c1ccccc1OCC1CC(CNC(=O)c2ccc3nccn3c2)=NO1. The molecule has 0 saturated heterocycles. The van der Waals surface area contributed by atoms with E-state index in [-0.39, 0.29) is 12.0 Å². The Morgan fingerprint density at radius 3 is 2.91 bits per heavy atom. The third-order valence-corrected chi connectivity index (χ3v) is 5.46. The number of rotatable bonds is 8. The van der Waals surface area contributed by atoms with Gasteiger partial charge in [-0.25, -0.2) is 9.97 Å². The fraction of sp³-hybridized carbons (Fsp3) is 0.200. The van der Waals surface area contributed by atoms with Gasteiger partial charge in [-0.15, -0.1) is 0 Å². The first kappa shape index (κ1) is 21.4. The quantitative estimate of drug-likeness (QED) is 0.436. The Morgan fingerprint density at radius 1 is 1.12 bits per heavy atom. The van der Waals surface area contributed by atoms with Crippen LogP contribution in [0.2, 0.25) is 0 Å². The third-order valence-electron chi connectivity index (χ3n) is 5.46. The van der Waals surface area contributed by atoms with E-state index < -0.39 is 0 Å². The van der Waals surface area contributed by atoms with E-state index in [1.807, 2.05) is 36.4 Å². The van der Waals surface area contributed by atoms with Crippen LogP contribution in [0.1, 0.15) is 16.8 Å². The van der Waals surface area contributed by atoms with Gasteiger partial charge in [0.25, 0.3) is 5.91 Å². The summed E-state index contributed by atoms with van der Waals surface area (Å²) in [5.41, 5.74) is 3.83. The van der Waals surface area contributed by atoms with Crippen molar-refractivity contribution in [3.8, 4) is 22.8 Å². The Labute approximate surface area is 196 Å². The average Bonchev–Trinajstić information content (AvgIpc) is 3.55. The molecule has 0 fully saturated rings. The molecule has 0 saturated carbocycles. The first-order valence-corrected chi connectivity index (χ1v) is 10.8. The molecule has 1 atom stereocenters. The summed E-state index contributed by atoms with van der Waals surface area (Å²) in [6.45, 7) is 0.624. The molecule has 172 valence electrons. The number of benzene rings is 1.